The number of aryl methyl sites for hydroxylation is 2. The van der Waals surface area contributed by atoms with Crippen LogP contribution in [0.5, 0.6) is 0 Å². The summed E-state index contributed by atoms with van der Waals surface area (Å²) in [5, 5.41) is 0.553. The predicted molar refractivity (Wildman–Crippen MR) is 74.1 cm³/mol. The number of anilines is 1. The van der Waals surface area contributed by atoms with E-state index in [4.69, 9.17) is 17.3 Å². The molecule has 0 saturated carbocycles. The van der Waals surface area contributed by atoms with Gasteiger partial charge >= 0.3 is 0 Å². The van der Waals surface area contributed by atoms with Gasteiger partial charge in [-0.15, -0.1) is 0 Å². The fourth-order valence-corrected chi connectivity index (χ4v) is 2.97. The first-order valence-corrected chi connectivity index (χ1v) is 7.17. The molecule has 1 aromatic carbocycles. The largest absolute Gasteiger partial charge is 0.398 e. The zero-order chi connectivity index (χ0) is 13.1. The standard InChI is InChI=1S/C12H14ClN3OS/c1-16-6-5-15-12(16)4-7-18(17)11-3-2-9(13)8-10(11)14/h2-3,5-6,8H,4,7,14H2,1H3. The quantitative estimate of drug-likeness (QED) is 0.873. The molecule has 0 aliphatic heterocycles. The molecular formula is C12H14ClN3OS. The van der Waals surface area contributed by atoms with Crippen LogP contribution in [0.15, 0.2) is 35.5 Å². The van der Waals surface area contributed by atoms with E-state index >= 15 is 0 Å². The number of aromatic nitrogens is 2. The Hall–Kier alpha value is -1.33. The van der Waals surface area contributed by atoms with Crippen LogP contribution < -0.4 is 5.73 Å². The van der Waals surface area contributed by atoms with Crippen molar-refractivity contribution >= 4 is 28.1 Å². The highest BCUT2D eigenvalue weighted by Crippen LogP contribution is 2.21. The van der Waals surface area contributed by atoms with Crippen molar-refractivity contribution in [1.29, 1.82) is 0 Å². The summed E-state index contributed by atoms with van der Waals surface area (Å²) in [5.41, 5.74) is 6.28. The van der Waals surface area contributed by atoms with Gasteiger partial charge in [0, 0.05) is 42.3 Å². The number of halogens is 1. The van der Waals surface area contributed by atoms with Crippen LogP contribution in [0.1, 0.15) is 5.82 Å². The smallest absolute Gasteiger partial charge is 0.109 e. The van der Waals surface area contributed by atoms with Gasteiger partial charge in [-0.3, -0.25) is 4.21 Å². The first-order valence-electron chi connectivity index (χ1n) is 5.47. The van der Waals surface area contributed by atoms with Gasteiger partial charge in [0.15, 0.2) is 0 Å². The van der Waals surface area contributed by atoms with Crippen LogP contribution in [0.3, 0.4) is 0 Å². The molecule has 2 N–H and O–H groups in total. The predicted octanol–water partition coefficient (Wildman–Crippen LogP) is 2.01. The summed E-state index contributed by atoms with van der Waals surface area (Å²) in [6.45, 7) is 0. The summed E-state index contributed by atoms with van der Waals surface area (Å²) in [6.07, 6.45) is 4.25. The van der Waals surface area contributed by atoms with E-state index < -0.39 is 10.8 Å². The van der Waals surface area contributed by atoms with Crippen LogP contribution in [0.25, 0.3) is 0 Å². The summed E-state index contributed by atoms with van der Waals surface area (Å²) in [6, 6.07) is 5.04. The maximum atomic E-state index is 12.1. The molecule has 18 heavy (non-hydrogen) atoms. The maximum absolute atomic E-state index is 12.1. The second-order valence-electron chi connectivity index (χ2n) is 3.94. The summed E-state index contributed by atoms with van der Waals surface area (Å²) >= 11 is 5.81. The first-order chi connectivity index (χ1) is 8.58. The Morgan fingerprint density at radius 3 is 2.89 bits per heavy atom. The zero-order valence-corrected chi connectivity index (χ0v) is 11.5. The number of rotatable bonds is 4. The summed E-state index contributed by atoms with van der Waals surface area (Å²) in [5.74, 6) is 1.41. The average molecular weight is 284 g/mol. The van der Waals surface area contributed by atoms with Gasteiger partial charge in [0.1, 0.15) is 5.82 Å². The fraction of sp³-hybridized carbons (Fsp3) is 0.250. The monoisotopic (exact) mass is 283 g/mol. The Morgan fingerprint density at radius 1 is 1.50 bits per heavy atom. The highest BCUT2D eigenvalue weighted by Gasteiger charge is 2.10. The molecule has 0 aliphatic rings. The van der Waals surface area contributed by atoms with Gasteiger partial charge in [-0.1, -0.05) is 11.6 Å². The van der Waals surface area contributed by atoms with Gasteiger partial charge in [0.25, 0.3) is 0 Å². The molecule has 0 fully saturated rings. The van der Waals surface area contributed by atoms with Crippen molar-refractivity contribution in [2.75, 3.05) is 11.5 Å². The molecule has 0 saturated heterocycles. The van der Waals surface area contributed by atoms with Crippen LogP contribution in [0, 0.1) is 0 Å². The number of benzene rings is 1. The summed E-state index contributed by atoms with van der Waals surface area (Å²) in [7, 11) is 0.785. The molecule has 2 rings (SSSR count). The van der Waals surface area contributed by atoms with Crippen LogP contribution in [0.4, 0.5) is 5.69 Å². The van der Waals surface area contributed by atoms with Crippen molar-refractivity contribution in [3.63, 3.8) is 0 Å². The van der Waals surface area contributed by atoms with Gasteiger partial charge in [-0.2, -0.15) is 0 Å². The number of nitrogens with two attached hydrogens (primary N) is 1. The van der Waals surface area contributed by atoms with Crippen molar-refractivity contribution in [2.24, 2.45) is 7.05 Å². The van der Waals surface area contributed by atoms with Crippen LogP contribution in [-0.2, 0) is 24.3 Å². The van der Waals surface area contributed by atoms with Crippen LogP contribution in [0.2, 0.25) is 5.02 Å². The Balaban J connectivity index is 2.06. The van der Waals surface area contributed by atoms with E-state index in [1.165, 1.54) is 0 Å². The summed E-state index contributed by atoms with van der Waals surface area (Å²) in [4.78, 5) is 4.83. The fourth-order valence-electron chi connectivity index (χ4n) is 1.66. The molecular weight excluding hydrogens is 270 g/mol. The minimum absolute atomic E-state index is 0.473. The third-order valence-electron chi connectivity index (χ3n) is 2.65. The molecule has 0 spiro atoms. The van der Waals surface area contributed by atoms with E-state index in [-0.39, 0.29) is 0 Å². The summed E-state index contributed by atoms with van der Waals surface area (Å²) < 4.78 is 14.1. The lowest BCUT2D eigenvalue weighted by Gasteiger charge is -2.06. The first kappa shape index (κ1) is 13.1. The van der Waals surface area contributed by atoms with Gasteiger partial charge in [-0.25, -0.2) is 4.98 Å². The van der Waals surface area contributed by atoms with E-state index in [1.807, 2.05) is 17.8 Å². The molecule has 4 nitrogen and oxygen atoms in total. The van der Waals surface area contributed by atoms with Crippen LogP contribution >= 0.6 is 11.6 Å². The molecule has 0 aliphatic carbocycles. The number of hydrogen-bond donors (Lipinski definition) is 1. The Morgan fingerprint density at radius 2 is 2.28 bits per heavy atom. The SMILES string of the molecule is Cn1ccnc1CCS(=O)c1ccc(Cl)cc1N. The normalized spacial score (nSPS) is 12.6. The minimum Gasteiger partial charge on any atom is -0.398 e. The molecule has 0 radical (unpaired) electrons. The molecule has 1 atom stereocenters. The molecule has 96 valence electrons. The molecule has 1 aromatic heterocycles. The van der Waals surface area contributed by atoms with Crippen molar-refractivity contribution in [3.05, 3.63) is 41.4 Å². The zero-order valence-electron chi connectivity index (χ0n) is 9.97. The molecule has 6 heteroatoms. The highest BCUT2D eigenvalue weighted by atomic mass is 35.5. The molecule has 0 amide bonds. The van der Waals surface area contributed by atoms with E-state index in [9.17, 15) is 4.21 Å². The maximum Gasteiger partial charge on any atom is 0.109 e. The minimum atomic E-state index is -1.13. The number of hydrogen-bond acceptors (Lipinski definition) is 3. The van der Waals surface area contributed by atoms with Crippen LogP contribution in [-0.4, -0.2) is 19.5 Å². The number of nitrogen functional groups attached to an aromatic ring is 1. The third kappa shape index (κ3) is 2.91. The molecule has 1 unspecified atom stereocenters. The van der Waals surface area contributed by atoms with E-state index in [1.54, 1.807) is 24.4 Å². The Labute approximate surface area is 113 Å². The Kier molecular flexibility index (Phi) is 4.04. The molecule has 0 bridgehead atoms. The lowest BCUT2D eigenvalue weighted by atomic mass is 10.3. The van der Waals surface area contributed by atoms with E-state index in [0.717, 1.165) is 5.82 Å². The van der Waals surface area contributed by atoms with Gasteiger partial charge in [0.2, 0.25) is 0 Å². The number of nitrogens with zero attached hydrogens (tertiary/aromatic N) is 2. The van der Waals surface area contributed by atoms with Gasteiger partial charge < -0.3 is 10.3 Å². The highest BCUT2D eigenvalue weighted by molar-refractivity contribution is 7.85. The third-order valence-corrected chi connectivity index (χ3v) is 4.32. The van der Waals surface area contributed by atoms with Crippen molar-refractivity contribution in [2.45, 2.75) is 11.3 Å². The average Bonchev–Trinajstić information content (AvgIpc) is 2.72. The second-order valence-corrected chi connectivity index (χ2v) is 5.91. The van der Waals surface area contributed by atoms with Gasteiger partial charge in [-0.05, 0) is 18.2 Å². The molecule has 1 heterocycles. The lowest BCUT2D eigenvalue weighted by molar-refractivity contribution is 0.680. The van der Waals surface area contributed by atoms with Crippen molar-refractivity contribution < 1.29 is 4.21 Å². The molecule has 2 aromatic rings. The lowest BCUT2D eigenvalue weighted by Crippen LogP contribution is -2.07. The topological polar surface area (TPSA) is 60.9 Å². The van der Waals surface area contributed by atoms with Gasteiger partial charge in [0.05, 0.1) is 15.7 Å². The number of imidazole rings is 1. The van der Waals surface area contributed by atoms with E-state index in [2.05, 4.69) is 4.98 Å². The second kappa shape index (κ2) is 5.54. The Bertz CT molecular complexity index is 582. The van der Waals surface area contributed by atoms with Crippen molar-refractivity contribution in [1.82, 2.24) is 9.55 Å². The van der Waals surface area contributed by atoms with Crippen molar-refractivity contribution in [3.8, 4) is 0 Å². The van der Waals surface area contributed by atoms with E-state index in [0.29, 0.717) is 27.8 Å².